The Hall–Kier alpha value is -3.62. The van der Waals surface area contributed by atoms with Gasteiger partial charge >= 0.3 is 0 Å². The van der Waals surface area contributed by atoms with Crippen LogP contribution >= 0.6 is 0 Å². The Morgan fingerprint density at radius 1 is 1.19 bits per heavy atom. The van der Waals surface area contributed by atoms with E-state index in [0.29, 0.717) is 54.8 Å². The average molecular weight is 526 g/mol. The summed E-state index contributed by atoms with van der Waals surface area (Å²) in [6.45, 7) is 4.37. The van der Waals surface area contributed by atoms with Crippen LogP contribution in [0.3, 0.4) is 0 Å². The smallest absolute Gasteiger partial charge is 0.256 e. The van der Waals surface area contributed by atoms with Gasteiger partial charge in [0.15, 0.2) is 11.6 Å². The summed E-state index contributed by atoms with van der Waals surface area (Å²) in [5, 5.41) is 32.0. The van der Waals surface area contributed by atoms with Crippen molar-refractivity contribution in [2.45, 2.75) is 43.6 Å². The predicted molar refractivity (Wildman–Crippen MR) is 136 cm³/mol. The Balaban J connectivity index is 1.27. The molecule has 1 saturated heterocycles. The molecule has 3 N–H and O–H groups in total. The normalized spacial score (nSPS) is 17.4. The van der Waals surface area contributed by atoms with Crippen LogP contribution in [-0.4, -0.2) is 83.1 Å². The van der Waals surface area contributed by atoms with Gasteiger partial charge in [-0.2, -0.15) is 14.3 Å². The summed E-state index contributed by atoms with van der Waals surface area (Å²) >= 11 is 0. The highest BCUT2D eigenvalue weighted by Gasteiger charge is 2.42. The van der Waals surface area contributed by atoms with Crippen molar-refractivity contribution in [3.8, 4) is 11.4 Å². The molecule has 2 fully saturated rings. The molecular formula is C23H27N9O4S. The number of aliphatic hydroxyl groups is 2. The number of aromatic nitrogens is 7. The second-order valence-electron chi connectivity index (χ2n) is 9.92. The molecule has 1 saturated carbocycles. The van der Waals surface area contributed by atoms with Crippen LogP contribution in [0.4, 0.5) is 17.5 Å². The quantitative estimate of drug-likeness (QED) is 0.304. The van der Waals surface area contributed by atoms with Crippen LogP contribution in [0.25, 0.3) is 22.3 Å². The van der Waals surface area contributed by atoms with E-state index < -0.39 is 15.6 Å². The molecule has 0 radical (unpaired) electrons. The fraction of sp³-hybridized carbons (Fsp3) is 0.435. The zero-order valence-corrected chi connectivity index (χ0v) is 21.2. The minimum absolute atomic E-state index is 0.0820. The zero-order chi connectivity index (χ0) is 25.9. The number of nitrogens with zero attached hydrogens (tertiary/aromatic N) is 8. The molecule has 6 rings (SSSR count). The number of rotatable bonds is 8. The third kappa shape index (κ3) is 4.20. The van der Waals surface area contributed by atoms with Gasteiger partial charge in [0.2, 0.25) is 0 Å². The van der Waals surface area contributed by atoms with Gasteiger partial charge in [0.25, 0.3) is 10.0 Å². The molecule has 5 heterocycles. The van der Waals surface area contributed by atoms with Crippen LogP contribution in [0.1, 0.15) is 32.7 Å². The topological polar surface area (TPSA) is 164 Å². The first-order chi connectivity index (χ1) is 17.7. The van der Waals surface area contributed by atoms with Gasteiger partial charge in [0.05, 0.1) is 53.8 Å². The van der Waals surface area contributed by atoms with Gasteiger partial charge in [-0.1, -0.05) is 0 Å². The summed E-state index contributed by atoms with van der Waals surface area (Å²) in [7, 11) is -3.47. The first-order valence-electron chi connectivity index (χ1n) is 12.0. The second kappa shape index (κ2) is 8.46. The molecule has 0 atom stereocenters. The summed E-state index contributed by atoms with van der Waals surface area (Å²) in [5.41, 5.74) is 0.255. The summed E-state index contributed by atoms with van der Waals surface area (Å²) in [6.07, 6.45) is 7.51. The molecule has 4 aromatic rings. The van der Waals surface area contributed by atoms with E-state index in [0.717, 1.165) is 15.0 Å². The van der Waals surface area contributed by atoms with E-state index in [9.17, 15) is 18.6 Å². The Kier molecular flexibility index (Phi) is 5.43. The van der Waals surface area contributed by atoms with Crippen LogP contribution in [0.5, 0.6) is 0 Å². The number of nitrogens with one attached hydrogen (secondary N) is 1. The molecule has 37 heavy (non-hydrogen) atoms. The molecule has 194 valence electrons. The van der Waals surface area contributed by atoms with Crippen molar-refractivity contribution >= 4 is 38.4 Å². The lowest BCUT2D eigenvalue weighted by Gasteiger charge is -2.45. The average Bonchev–Trinajstić information content (AvgIpc) is 3.48. The first kappa shape index (κ1) is 23.8. The van der Waals surface area contributed by atoms with Gasteiger partial charge in [0.1, 0.15) is 17.2 Å². The van der Waals surface area contributed by atoms with Crippen molar-refractivity contribution in [1.82, 2.24) is 33.9 Å². The number of hydrogen-bond acceptors (Lipinski definition) is 11. The molecule has 0 amide bonds. The van der Waals surface area contributed by atoms with Gasteiger partial charge in [-0.05, 0) is 32.8 Å². The lowest BCUT2D eigenvalue weighted by atomic mass is 9.95. The SMILES string of the molecule is CC(C)n1nc(N2CC(O)(CO)C2)c2cnc(Nc3ccnc(-c4cnn(S(=O)(=O)C5CC5)c4)n3)cc21. The van der Waals surface area contributed by atoms with Crippen molar-refractivity contribution in [2.24, 2.45) is 0 Å². The predicted octanol–water partition coefficient (Wildman–Crippen LogP) is 1.29. The monoisotopic (exact) mass is 525 g/mol. The fourth-order valence-electron chi connectivity index (χ4n) is 4.40. The van der Waals surface area contributed by atoms with Crippen LogP contribution in [0, 0.1) is 0 Å². The maximum atomic E-state index is 12.4. The van der Waals surface area contributed by atoms with E-state index in [4.69, 9.17) is 5.10 Å². The number of fused-ring (bicyclic) bond motifs is 1. The van der Waals surface area contributed by atoms with E-state index in [1.165, 1.54) is 12.4 Å². The summed E-state index contributed by atoms with van der Waals surface area (Å²) < 4.78 is 27.8. The lowest BCUT2D eigenvalue weighted by Crippen LogP contribution is -2.64. The molecule has 0 aromatic carbocycles. The number of β-amino-alcohol motifs (C(OH)–C–C–N with tert-alkyl or cyclic N) is 1. The summed E-state index contributed by atoms with van der Waals surface area (Å²) in [6, 6.07) is 3.66. The third-order valence-corrected chi connectivity index (χ3v) is 8.60. The van der Waals surface area contributed by atoms with E-state index in [2.05, 4.69) is 25.4 Å². The van der Waals surface area contributed by atoms with Crippen molar-refractivity contribution in [1.29, 1.82) is 0 Å². The molecule has 0 spiro atoms. The molecule has 14 heteroatoms. The molecule has 0 unspecified atom stereocenters. The van der Waals surface area contributed by atoms with Crippen LogP contribution in [0.2, 0.25) is 0 Å². The van der Waals surface area contributed by atoms with Crippen molar-refractivity contribution in [3.63, 3.8) is 0 Å². The minimum Gasteiger partial charge on any atom is -0.393 e. The van der Waals surface area contributed by atoms with E-state index in [1.54, 1.807) is 18.5 Å². The number of anilines is 3. The van der Waals surface area contributed by atoms with E-state index in [1.807, 2.05) is 29.5 Å². The summed E-state index contributed by atoms with van der Waals surface area (Å²) in [4.78, 5) is 15.3. The Labute approximate surface area is 212 Å². The number of aliphatic hydroxyl groups excluding tert-OH is 1. The molecule has 4 aromatic heterocycles. The Morgan fingerprint density at radius 3 is 2.68 bits per heavy atom. The molecule has 1 aliphatic carbocycles. The van der Waals surface area contributed by atoms with Gasteiger partial charge in [-0.3, -0.25) is 4.68 Å². The second-order valence-corrected chi connectivity index (χ2v) is 12.0. The van der Waals surface area contributed by atoms with Crippen LogP contribution in [-0.2, 0) is 10.0 Å². The van der Waals surface area contributed by atoms with Gasteiger partial charge in [-0.25, -0.2) is 23.4 Å². The third-order valence-electron chi connectivity index (χ3n) is 6.56. The molecule has 0 bridgehead atoms. The lowest BCUT2D eigenvalue weighted by molar-refractivity contribution is -0.0362. The standard InChI is InChI=1S/C23H27N9O4S/c1-14(2)32-18-7-20(25-9-17(18)22(29-32)30-11-23(34,12-30)13-33)27-19-5-6-24-21(28-19)15-8-26-31(10-15)37(35,36)16-3-4-16/h5-10,14,16,33-34H,3-4,11-13H2,1-2H3,(H,24,25,27,28). The summed E-state index contributed by atoms with van der Waals surface area (Å²) in [5.74, 6) is 2.09. The zero-order valence-electron chi connectivity index (χ0n) is 20.4. The van der Waals surface area contributed by atoms with Crippen LogP contribution < -0.4 is 10.2 Å². The largest absolute Gasteiger partial charge is 0.393 e. The highest BCUT2D eigenvalue weighted by atomic mass is 32.2. The number of hydrogen-bond donors (Lipinski definition) is 3. The van der Waals surface area contributed by atoms with Gasteiger partial charge in [-0.15, -0.1) is 0 Å². The van der Waals surface area contributed by atoms with Gasteiger partial charge < -0.3 is 20.4 Å². The highest BCUT2D eigenvalue weighted by Crippen LogP contribution is 2.35. The van der Waals surface area contributed by atoms with E-state index >= 15 is 0 Å². The van der Waals surface area contributed by atoms with Crippen LogP contribution in [0.15, 0.2) is 36.9 Å². The van der Waals surface area contributed by atoms with Crippen molar-refractivity contribution in [2.75, 3.05) is 29.9 Å². The van der Waals surface area contributed by atoms with Gasteiger partial charge in [0, 0.05) is 24.5 Å². The molecule has 13 nitrogen and oxygen atoms in total. The number of pyridine rings is 1. The van der Waals surface area contributed by atoms with Crippen molar-refractivity contribution in [3.05, 3.63) is 36.9 Å². The highest BCUT2D eigenvalue weighted by molar-refractivity contribution is 7.90. The van der Waals surface area contributed by atoms with E-state index in [-0.39, 0.29) is 17.9 Å². The molecule has 1 aliphatic heterocycles. The minimum atomic E-state index is -3.47. The maximum absolute atomic E-state index is 12.4. The van der Waals surface area contributed by atoms with Crippen molar-refractivity contribution < 1.29 is 18.6 Å². The fourth-order valence-corrected chi connectivity index (χ4v) is 5.88. The first-order valence-corrected chi connectivity index (χ1v) is 13.5. The Morgan fingerprint density at radius 2 is 1.97 bits per heavy atom. The maximum Gasteiger partial charge on any atom is 0.256 e. The Bertz CT molecular complexity index is 1590. The molecule has 2 aliphatic rings. The molecular weight excluding hydrogens is 498 g/mol.